The van der Waals surface area contributed by atoms with Gasteiger partial charge in [-0.3, -0.25) is 4.79 Å². The molecule has 0 aliphatic rings. The number of carboxylic acids is 1. The van der Waals surface area contributed by atoms with Crippen molar-refractivity contribution in [2.45, 2.75) is 0 Å². The van der Waals surface area contributed by atoms with Crippen molar-refractivity contribution >= 4 is 29.2 Å². The van der Waals surface area contributed by atoms with E-state index >= 15 is 0 Å². The number of allylic oxidation sites excluding steroid dienone is 1. The summed E-state index contributed by atoms with van der Waals surface area (Å²) in [5, 5.41) is 8.81. The molecule has 0 amide bonds. The van der Waals surface area contributed by atoms with E-state index in [-0.39, 0.29) is 17.2 Å². The monoisotopic (exact) mass is 400 g/mol. The van der Waals surface area contributed by atoms with Crippen LogP contribution in [0.25, 0.3) is 22.8 Å². The van der Waals surface area contributed by atoms with Crippen LogP contribution in [-0.2, 0) is 4.79 Å². The average Bonchev–Trinajstić information content (AvgIpc) is 2.77. The molecule has 3 rings (SSSR count). The summed E-state index contributed by atoms with van der Waals surface area (Å²) in [5.41, 5.74) is 9.37. The largest absolute Gasteiger partial charge is 0.497 e. The predicted octanol–water partition coefficient (Wildman–Crippen LogP) is 4.33. The number of hydrogen-bond donors (Lipinski definition) is 2. The Hall–Kier alpha value is -4.19. The number of nitrogens with zero attached hydrogens (tertiary/aromatic N) is 1. The second kappa shape index (κ2) is 8.87. The van der Waals surface area contributed by atoms with Gasteiger partial charge < -0.3 is 15.6 Å². The van der Waals surface area contributed by atoms with Crippen LogP contribution < -0.4 is 10.5 Å². The molecule has 3 aromatic rings. The first-order valence-electron chi connectivity index (χ1n) is 9.04. The van der Waals surface area contributed by atoms with Crippen molar-refractivity contribution in [3.05, 3.63) is 90.1 Å². The summed E-state index contributed by atoms with van der Waals surface area (Å²) in [4.78, 5) is 27.9. The Morgan fingerprint density at radius 1 is 1.10 bits per heavy atom. The van der Waals surface area contributed by atoms with Crippen molar-refractivity contribution in [2.24, 2.45) is 0 Å². The lowest BCUT2D eigenvalue weighted by atomic mass is 9.95. The van der Waals surface area contributed by atoms with E-state index < -0.39 is 5.97 Å². The molecule has 0 aliphatic heterocycles. The Bertz CT molecular complexity index is 1170. The molecule has 0 fully saturated rings. The van der Waals surface area contributed by atoms with Crippen molar-refractivity contribution < 1.29 is 19.4 Å². The summed E-state index contributed by atoms with van der Waals surface area (Å²) in [5.74, 6) is -0.538. The molecule has 30 heavy (non-hydrogen) atoms. The number of nitrogen functional groups attached to an aromatic ring is 1. The third kappa shape index (κ3) is 4.62. The zero-order chi connectivity index (χ0) is 21.7. The number of Topliss-reactive ketones (excluding diaryl/α,β-unsaturated/α-hetero) is 1. The zero-order valence-corrected chi connectivity index (χ0v) is 16.3. The molecule has 0 saturated heterocycles. The van der Waals surface area contributed by atoms with Crippen molar-refractivity contribution in [2.75, 3.05) is 12.8 Å². The van der Waals surface area contributed by atoms with Crippen LogP contribution in [0.1, 0.15) is 21.5 Å². The number of ketones is 1. The Kier molecular flexibility index (Phi) is 6.08. The van der Waals surface area contributed by atoms with Crippen LogP contribution in [0.4, 0.5) is 5.82 Å². The summed E-state index contributed by atoms with van der Waals surface area (Å²) >= 11 is 0. The number of benzene rings is 2. The number of methoxy groups -OCH3 is 1. The minimum absolute atomic E-state index is 0.196. The molecule has 6 heteroatoms. The number of aromatic nitrogens is 1. The van der Waals surface area contributed by atoms with E-state index in [1.54, 1.807) is 42.6 Å². The Balaban J connectivity index is 1.95. The minimum atomic E-state index is -1.02. The highest BCUT2D eigenvalue weighted by molar-refractivity contribution is 6.29. The maximum Gasteiger partial charge on any atom is 0.328 e. The van der Waals surface area contributed by atoms with E-state index in [1.807, 2.05) is 18.2 Å². The number of nitrogens with two attached hydrogens (primary N) is 1. The molecule has 0 aliphatic carbocycles. The summed E-state index contributed by atoms with van der Waals surface area (Å²) in [6, 6.07) is 15.8. The highest BCUT2D eigenvalue weighted by Gasteiger charge is 2.17. The van der Waals surface area contributed by atoms with Gasteiger partial charge >= 0.3 is 5.97 Å². The number of carbonyl (C=O) groups excluding carboxylic acids is 1. The van der Waals surface area contributed by atoms with Crippen molar-refractivity contribution in [1.82, 2.24) is 4.98 Å². The van der Waals surface area contributed by atoms with E-state index in [2.05, 4.69) is 11.6 Å². The number of anilines is 1. The summed E-state index contributed by atoms with van der Waals surface area (Å²) in [6.45, 7) is 3.93. The van der Waals surface area contributed by atoms with Crippen LogP contribution in [0, 0.1) is 0 Å². The molecule has 0 radical (unpaired) electrons. The van der Waals surface area contributed by atoms with Crippen LogP contribution in [0.2, 0.25) is 0 Å². The summed E-state index contributed by atoms with van der Waals surface area (Å²) in [6.07, 6.45) is 4.17. The molecule has 0 saturated carbocycles. The van der Waals surface area contributed by atoms with Crippen molar-refractivity contribution in [1.29, 1.82) is 0 Å². The van der Waals surface area contributed by atoms with Gasteiger partial charge in [0.1, 0.15) is 11.6 Å². The smallest absolute Gasteiger partial charge is 0.328 e. The van der Waals surface area contributed by atoms with Gasteiger partial charge in [0.15, 0.2) is 5.78 Å². The van der Waals surface area contributed by atoms with Gasteiger partial charge in [-0.05, 0) is 41.5 Å². The molecule has 150 valence electrons. The molecule has 0 bridgehead atoms. The van der Waals surface area contributed by atoms with Crippen LogP contribution in [0.3, 0.4) is 0 Å². The van der Waals surface area contributed by atoms with Gasteiger partial charge in [-0.2, -0.15) is 0 Å². The number of carbonyl (C=O) groups is 2. The molecule has 0 spiro atoms. The fraction of sp³-hybridized carbons (Fsp3) is 0.0417. The second-order valence-electron chi connectivity index (χ2n) is 6.49. The zero-order valence-electron chi connectivity index (χ0n) is 16.3. The minimum Gasteiger partial charge on any atom is -0.497 e. The highest BCUT2D eigenvalue weighted by Crippen LogP contribution is 2.29. The lowest BCUT2D eigenvalue weighted by Gasteiger charge is -2.11. The Morgan fingerprint density at radius 2 is 1.87 bits per heavy atom. The molecule has 0 atom stereocenters. The second-order valence-corrected chi connectivity index (χ2v) is 6.49. The molecular weight excluding hydrogens is 380 g/mol. The van der Waals surface area contributed by atoms with Crippen LogP contribution in [0.5, 0.6) is 5.75 Å². The lowest BCUT2D eigenvalue weighted by molar-refractivity contribution is -0.131. The van der Waals surface area contributed by atoms with Crippen molar-refractivity contribution in [3.8, 4) is 16.9 Å². The van der Waals surface area contributed by atoms with Crippen LogP contribution in [0.15, 0.2) is 73.4 Å². The molecule has 3 N–H and O–H groups in total. The molecule has 6 nitrogen and oxygen atoms in total. The number of hydrogen-bond acceptors (Lipinski definition) is 5. The van der Waals surface area contributed by atoms with Gasteiger partial charge in [-0.25, -0.2) is 9.78 Å². The van der Waals surface area contributed by atoms with E-state index in [4.69, 9.17) is 15.6 Å². The maximum atomic E-state index is 12.9. The lowest BCUT2D eigenvalue weighted by Crippen LogP contribution is -2.06. The first-order chi connectivity index (χ1) is 14.4. The number of aliphatic carboxylic acids is 1. The van der Waals surface area contributed by atoms with E-state index in [9.17, 15) is 9.59 Å². The first-order valence-corrected chi connectivity index (χ1v) is 9.04. The Labute approximate surface area is 174 Å². The number of carboxylic acid groups (broad SMARTS) is 1. The standard InChI is InChI=1S/C24H20N2O4/c1-15(23(29)18-7-4-8-20(12-18)30-2)21-13-19(14-26-24(21)25)17-6-3-5-16(11-17)9-10-22(27)28/h3-14H,1H2,2H3,(H2,25,26)(H,27,28)/b10-9+. The summed E-state index contributed by atoms with van der Waals surface area (Å²) < 4.78 is 5.18. The van der Waals surface area contributed by atoms with Gasteiger partial charge in [0, 0.05) is 34.5 Å². The molecule has 1 heterocycles. The normalized spacial score (nSPS) is 10.7. The molecule has 0 unspecified atom stereocenters. The van der Waals surface area contributed by atoms with Crippen LogP contribution >= 0.6 is 0 Å². The topological polar surface area (TPSA) is 103 Å². The quantitative estimate of drug-likeness (QED) is 0.452. The molecular formula is C24H20N2O4. The van der Waals surface area contributed by atoms with Gasteiger partial charge in [-0.15, -0.1) is 0 Å². The number of ether oxygens (including phenoxy) is 1. The van der Waals surface area contributed by atoms with Gasteiger partial charge in [0.25, 0.3) is 0 Å². The van der Waals surface area contributed by atoms with Crippen LogP contribution in [-0.4, -0.2) is 29.0 Å². The Morgan fingerprint density at radius 3 is 2.60 bits per heavy atom. The van der Waals surface area contributed by atoms with Gasteiger partial charge in [0.2, 0.25) is 0 Å². The fourth-order valence-corrected chi connectivity index (χ4v) is 2.93. The molecule has 1 aromatic heterocycles. The SMILES string of the molecule is C=C(C(=O)c1cccc(OC)c1)c1cc(-c2cccc(/C=C/C(=O)O)c2)cnc1N. The van der Waals surface area contributed by atoms with E-state index in [0.717, 1.165) is 22.8 Å². The van der Waals surface area contributed by atoms with Gasteiger partial charge in [0.05, 0.1) is 7.11 Å². The summed E-state index contributed by atoms with van der Waals surface area (Å²) in [7, 11) is 1.53. The number of pyridine rings is 1. The van der Waals surface area contributed by atoms with E-state index in [1.165, 1.54) is 13.2 Å². The third-order valence-corrected chi connectivity index (χ3v) is 4.49. The molecule has 2 aromatic carbocycles. The van der Waals surface area contributed by atoms with Crippen molar-refractivity contribution in [3.63, 3.8) is 0 Å². The van der Waals surface area contributed by atoms with E-state index in [0.29, 0.717) is 16.9 Å². The number of rotatable bonds is 7. The van der Waals surface area contributed by atoms with Gasteiger partial charge in [-0.1, -0.05) is 36.9 Å². The maximum absolute atomic E-state index is 12.9. The fourth-order valence-electron chi connectivity index (χ4n) is 2.93. The predicted molar refractivity (Wildman–Crippen MR) is 117 cm³/mol. The third-order valence-electron chi connectivity index (χ3n) is 4.49. The highest BCUT2D eigenvalue weighted by atomic mass is 16.5. The first kappa shape index (κ1) is 20.5. The average molecular weight is 400 g/mol.